The number of carbonyl (C=O) groups excluding carboxylic acids is 1. The lowest BCUT2D eigenvalue weighted by molar-refractivity contribution is 0.0595. The zero-order valence-electron chi connectivity index (χ0n) is 12.6. The molecule has 23 heavy (non-hydrogen) atoms. The van der Waals surface area contributed by atoms with Crippen molar-refractivity contribution in [1.82, 2.24) is 9.47 Å². The quantitative estimate of drug-likeness (QED) is 0.808. The first-order chi connectivity index (χ1) is 11.1. The van der Waals surface area contributed by atoms with E-state index in [1.54, 1.807) is 18.2 Å². The third-order valence-corrected chi connectivity index (χ3v) is 5.20. The molecule has 1 fully saturated rings. The van der Waals surface area contributed by atoms with Crippen LogP contribution in [0.3, 0.4) is 0 Å². The number of pyridine rings is 1. The topological polar surface area (TPSA) is 42.3 Å². The number of halogens is 1. The summed E-state index contributed by atoms with van der Waals surface area (Å²) >= 11 is 6.17. The van der Waals surface area contributed by atoms with E-state index < -0.39 is 0 Å². The summed E-state index contributed by atoms with van der Waals surface area (Å²) in [6.45, 7) is 2.02. The van der Waals surface area contributed by atoms with Crippen molar-refractivity contribution in [2.75, 3.05) is 13.1 Å². The summed E-state index contributed by atoms with van der Waals surface area (Å²) in [7, 11) is 0. The number of benzene rings is 1. The fourth-order valence-corrected chi connectivity index (χ4v) is 4.08. The van der Waals surface area contributed by atoms with Gasteiger partial charge in [-0.3, -0.25) is 9.59 Å². The molecular weight excluding hydrogens is 312 g/mol. The second-order valence-electron chi connectivity index (χ2n) is 6.39. The van der Waals surface area contributed by atoms with Crippen molar-refractivity contribution >= 4 is 17.5 Å². The van der Waals surface area contributed by atoms with E-state index >= 15 is 0 Å². The summed E-state index contributed by atoms with van der Waals surface area (Å²) in [4.78, 5) is 26.7. The minimum Gasteiger partial charge on any atom is -0.338 e. The predicted octanol–water partition coefficient (Wildman–Crippen LogP) is 2.76. The molecule has 2 aliphatic heterocycles. The number of amides is 1. The molecule has 4 rings (SSSR count). The van der Waals surface area contributed by atoms with Gasteiger partial charge in [0.05, 0.1) is 10.6 Å². The van der Waals surface area contributed by atoms with Gasteiger partial charge in [0, 0.05) is 37.3 Å². The van der Waals surface area contributed by atoms with Crippen molar-refractivity contribution in [3.05, 3.63) is 69.1 Å². The monoisotopic (exact) mass is 328 g/mol. The van der Waals surface area contributed by atoms with Crippen LogP contribution in [0.5, 0.6) is 0 Å². The molecule has 0 radical (unpaired) electrons. The highest BCUT2D eigenvalue weighted by molar-refractivity contribution is 6.33. The second-order valence-corrected chi connectivity index (χ2v) is 6.80. The molecule has 2 bridgehead atoms. The second kappa shape index (κ2) is 5.53. The Labute approximate surface area is 139 Å². The molecule has 2 aromatic rings. The Bertz CT molecular complexity index is 830. The maximum Gasteiger partial charge on any atom is 0.255 e. The van der Waals surface area contributed by atoms with Crippen molar-refractivity contribution in [1.29, 1.82) is 0 Å². The SMILES string of the molecule is O=C(c1ccccc1Cl)N1C[C@H]2C[C@H](C1)c1cccc(=O)n1C2. The molecular formula is C18H17ClN2O2. The van der Waals surface area contributed by atoms with E-state index in [0.29, 0.717) is 36.1 Å². The largest absolute Gasteiger partial charge is 0.338 e. The van der Waals surface area contributed by atoms with Crippen LogP contribution >= 0.6 is 11.6 Å². The highest BCUT2D eigenvalue weighted by Crippen LogP contribution is 2.35. The number of hydrogen-bond donors (Lipinski definition) is 0. The lowest BCUT2D eigenvalue weighted by Gasteiger charge is -2.42. The van der Waals surface area contributed by atoms with E-state index in [1.807, 2.05) is 33.7 Å². The zero-order chi connectivity index (χ0) is 16.0. The standard InChI is InChI=1S/C18H17ClN2O2/c19-15-5-2-1-4-14(15)18(23)20-9-12-8-13(11-20)16-6-3-7-17(22)21(16)10-12/h1-7,12-13H,8-11H2/t12-,13-/m1/s1. The highest BCUT2D eigenvalue weighted by Gasteiger charge is 2.36. The summed E-state index contributed by atoms with van der Waals surface area (Å²) in [5.74, 6) is 0.535. The summed E-state index contributed by atoms with van der Waals surface area (Å²) in [5.41, 5.74) is 1.66. The number of likely N-dealkylation sites (tertiary alicyclic amines) is 1. The Morgan fingerprint density at radius 1 is 1.04 bits per heavy atom. The van der Waals surface area contributed by atoms with Crippen LogP contribution in [0, 0.1) is 5.92 Å². The van der Waals surface area contributed by atoms with Gasteiger partial charge in [0.2, 0.25) is 0 Å². The number of rotatable bonds is 1. The van der Waals surface area contributed by atoms with Crippen LogP contribution in [-0.4, -0.2) is 28.5 Å². The third-order valence-electron chi connectivity index (χ3n) is 4.87. The number of hydrogen-bond acceptors (Lipinski definition) is 2. The van der Waals surface area contributed by atoms with Gasteiger partial charge in [-0.15, -0.1) is 0 Å². The van der Waals surface area contributed by atoms with Gasteiger partial charge in [-0.25, -0.2) is 0 Å². The number of fused-ring (bicyclic) bond motifs is 4. The predicted molar refractivity (Wildman–Crippen MR) is 88.9 cm³/mol. The van der Waals surface area contributed by atoms with Crippen LogP contribution in [0.25, 0.3) is 0 Å². The normalized spacial score (nSPS) is 22.6. The molecule has 1 aromatic heterocycles. The molecule has 0 aliphatic carbocycles. The molecule has 0 spiro atoms. The molecule has 2 atom stereocenters. The van der Waals surface area contributed by atoms with E-state index in [1.165, 1.54) is 0 Å². The highest BCUT2D eigenvalue weighted by atomic mass is 35.5. The van der Waals surface area contributed by atoms with Crippen molar-refractivity contribution in [3.63, 3.8) is 0 Å². The van der Waals surface area contributed by atoms with Crippen molar-refractivity contribution < 1.29 is 4.79 Å². The summed E-state index contributed by atoms with van der Waals surface area (Å²) < 4.78 is 1.87. The van der Waals surface area contributed by atoms with Gasteiger partial charge in [-0.1, -0.05) is 29.8 Å². The van der Waals surface area contributed by atoms with Crippen LogP contribution < -0.4 is 5.56 Å². The fourth-order valence-electron chi connectivity index (χ4n) is 3.87. The average Bonchev–Trinajstić information content (AvgIpc) is 2.55. The summed E-state index contributed by atoms with van der Waals surface area (Å²) in [5, 5.41) is 0.491. The summed E-state index contributed by atoms with van der Waals surface area (Å²) in [6.07, 6.45) is 1.04. The van der Waals surface area contributed by atoms with Gasteiger partial charge < -0.3 is 9.47 Å². The smallest absolute Gasteiger partial charge is 0.255 e. The molecule has 0 unspecified atom stereocenters. The maximum absolute atomic E-state index is 12.8. The molecule has 5 heteroatoms. The zero-order valence-corrected chi connectivity index (χ0v) is 13.4. The van der Waals surface area contributed by atoms with Gasteiger partial charge >= 0.3 is 0 Å². The molecule has 1 saturated heterocycles. The van der Waals surface area contributed by atoms with Crippen LogP contribution in [-0.2, 0) is 6.54 Å². The summed E-state index contributed by atoms with van der Waals surface area (Å²) in [6, 6.07) is 12.6. The van der Waals surface area contributed by atoms with E-state index in [9.17, 15) is 9.59 Å². The van der Waals surface area contributed by atoms with Crippen LogP contribution in [0.2, 0.25) is 5.02 Å². The Morgan fingerprint density at radius 2 is 1.87 bits per heavy atom. The molecule has 118 valence electrons. The Morgan fingerprint density at radius 3 is 2.70 bits per heavy atom. The molecule has 1 amide bonds. The molecule has 0 N–H and O–H groups in total. The fraction of sp³-hybridized carbons (Fsp3) is 0.333. The van der Waals surface area contributed by atoms with Crippen molar-refractivity contribution in [2.45, 2.75) is 18.9 Å². The molecule has 2 aliphatic rings. The number of nitrogens with zero attached hydrogens (tertiary/aromatic N) is 2. The first kappa shape index (κ1) is 14.5. The maximum atomic E-state index is 12.8. The van der Waals surface area contributed by atoms with Crippen LogP contribution in [0.1, 0.15) is 28.4 Å². The average molecular weight is 329 g/mol. The minimum absolute atomic E-state index is 0.0166. The van der Waals surface area contributed by atoms with Crippen molar-refractivity contribution in [2.24, 2.45) is 5.92 Å². The Balaban J connectivity index is 1.65. The van der Waals surface area contributed by atoms with Crippen molar-refractivity contribution in [3.8, 4) is 0 Å². The number of piperidine rings is 1. The van der Waals surface area contributed by atoms with Gasteiger partial charge in [0.25, 0.3) is 11.5 Å². The number of carbonyl (C=O) groups is 1. The third kappa shape index (κ3) is 2.47. The molecule has 0 saturated carbocycles. The Hall–Kier alpha value is -2.07. The van der Waals surface area contributed by atoms with E-state index in [4.69, 9.17) is 11.6 Å². The number of aromatic nitrogens is 1. The van der Waals surface area contributed by atoms with E-state index in [0.717, 1.165) is 12.1 Å². The van der Waals surface area contributed by atoms with Gasteiger partial charge in [0.1, 0.15) is 0 Å². The van der Waals surface area contributed by atoms with Gasteiger partial charge in [-0.05, 0) is 30.5 Å². The first-order valence-corrected chi connectivity index (χ1v) is 8.25. The van der Waals surface area contributed by atoms with Gasteiger partial charge in [-0.2, -0.15) is 0 Å². The van der Waals surface area contributed by atoms with Gasteiger partial charge in [0.15, 0.2) is 0 Å². The first-order valence-electron chi connectivity index (χ1n) is 7.87. The van der Waals surface area contributed by atoms with E-state index in [-0.39, 0.29) is 17.4 Å². The molecule has 4 nitrogen and oxygen atoms in total. The van der Waals surface area contributed by atoms with Crippen LogP contribution in [0.15, 0.2) is 47.3 Å². The minimum atomic E-state index is -0.0166. The molecule has 1 aromatic carbocycles. The Kier molecular flexibility index (Phi) is 3.49. The van der Waals surface area contributed by atoms with E-state index in [2.05, 4.69) is 0 Å². The molecule has 3 heterocycles. The van der Waals surface area contributed by atoms with Crippen LogP contribution in [0.4, 0.5) is 0 Å². The lowest BCUT2D eigenvalue weighted by atomic mass is 9.83. The lowest BCUT2D eigenvalue weighted by Crippen LogP contribution is -2.49.